The number of carbonyl (C=O) groups excluding carboxylic acids is 1. The molecule has 3 rings (SSSR count). The number of benzene rings is 1. The van der Waals surface area contributed by atoms with Crippen LogP contribution in [0.3, 0.4) is 0 Å². The van der Waals surface area contributed by atoms with Crippen molar-refractivity contribution in [2.24, 2.45) is 0 Å². The highest BCUT2D eigenvalue weighted by Gasteiger charge is 2.13. The predicted octanol–water partition coefficient (Wildman–Crippen LogP) is 2.81. The lowest BCUT2D eigenvalue weighted by Crippen LogP contribution is -1.93. The molecule has 0 bridgehead atoms. The van der Waals surface area contributed by atoms with E-state index in [1.807, 2.05) is 35.7 Å². The van der Waals surface area contributed by atoms with Gasteiger partial charge in [0.15, 0.2) is 6.29 Å². The van der Waals surface area contributed by atoms with Gasteiger partial charge < -0.3 is 0 Å². The topological polar surface area (TPSA) is 47.8 Å². The first-order valence-corrected chi connectivity index (χ1v) is 6.26. The van der Waals surface area contributed by atoms with Gasteiger partial charge in [0.05, 0.1) is 11.3 Å². The highest BCUT2D eigenvalue weighted by atomic mass is 32.1. The summed E-state index contributed by atoms with van der Waals surface area (Å²) in [7, 11) is 0. The summed E-state index contributed by atoms with van der Waals surface area (Å²) in [5.74, 6) is 0. The lowest BCUT2D eigenvalue weighted by Gasteiger charge is -1.98. The fourth-order valence-corrected chi connectivity index (χ4v) is 2.34. The predicted molar refractivity (Wildman–Crippen MR) is 70.1 cm³/mol. The molecule has 0 N–H and O–H groups in total. The van der Waals surface area contributed by atoms with Gasteiger partial charge in [-0.3, -0.25) is 4.79 Å². The normalized spacial score (nSPS) is 10.4. The van der Waals surface area contributed by atoms with E-state index in [1.165, 1.54) is 11.3 Å². The van der Waals surface area contributed by atoms with E-state index in [9.17, 15) is 4.79 Å². The maximum absolute atomic E-state index is 11.1. The van der Waals surface area contributed by atoms with Gasteiger partial charge in [0.25, 0.3) is 0 Å². The van der Waals surface area contributed by atoms with Crippen LogP contribution in [-0.4, -0.2) is 21.1 Å². The van der Waals surface area contributed by atoms with Crippen molar-refractivity contribution in [1.82, 2.24) is 14.8 Å². The molecule has 2 aromatic heterocycles. The smallest absolute Gasteiger partial charge is 0.153 e. The summed E-state index contributed by atoms with van der Waals surface area (Å²) >= 11 is 1.47. The molecular weight excluding hydrogens is 246 g/mol. The summed E-state index contributed by atoms with van der Waals surface area (Å²) in [5, 5.41) is 7.05. The fraction of sp³-hybridized carbons (Fsp3) is 0. The van der Waals surface area contributed by atoms with E-state index in [2.05, 4.69) is 10.1 Å². The van der Waals surface area contributed by atoms with Crippen molar-refractivity contribution in [3.63, 3.8) is 0 Å². The summed E-state index contributed by atoms with van der Waals surface area (Å²) in [4.78, 5) is 15.3. The molecule has 88 valence electrons. The zero-order valence-corrected chi connectivity index (χ0v) is 10.2. The van der Waals surface area contributed by atoms with Gasteiger partial charge in [-0.2, -0.15) is 5.10 Å². The lowest BCUT2D eigenvalue weighted by atomic mass is 10.3. The van der Waals surface area contributed by atoms with Crippen LogP contribution in [-0.2, 0) is 0 Å². The summed E-state index contributed by atoms with van der Waals surface area (Å²) in [6.45, 7) is 0. The first-order chi connectivity index (χ1) is 8.88. The average Bonchev–Trinajstić information content (AvgIpc) is 3.08. The highest BCUT2D eigenvalue weighted by Crippen LogP contribution is 2.24. The van der Waals surface area contributed by atoms with Gasteiger partial charge in [-0.25, -0.2) is 9.67 Å². The number of carbonyl (C=O) groups is 1. The number of hydrogen-bond acceptors (Lipinski definition) is 4. The molecular formula is C13H9N3OS. The van der Waals surface area contributed by atoms with E-state index < -0.39 is 0 Å². The molecule has 0 aliphatic carbocycles. The Bertz CT molecular complexity index is 659. The molecule has 2 heterocycles. The number of nitrogens with zero attached hydrogens (tertiary/aromatic N) is 3. The molecule has 0 amide bonds. The van der Waals surface area contributed by atoms with Crippen LogP contribution in [0.1, 0.15) is 10.4 Å². The number of aldehydes is 1. The molecule has 0 aliphatic heterocycles. The monoisotopic (exact) mass is 255 g/mol. The summed E-state index contributed by atoms with van der Waals surface area (Å²) in [6.07, 6.45) is 4.23. The maximum atomic E-state index is 11.1. The van der Waals surface area contributed by atoms with Gasteiger partial charge in [-0.05, 0) is 12.1 Å². The second-order valence-electron chi connectivity index (χ2n) is 3.67. The van der Waals surface area contributed by atoms with Crippen molar-refractivity contribution in [3.8, 4) is 16.4 Å². The molecule has 1 aromatic carbocycles. The number of hydrogen-bond donors (Lipinski definition) is 0. The fourth-order valence-electron chi connectivity index (χ4n) is 1.69. The van der Waals surface area contributed by atoms with E-state index >= 15 is 0 Å². The minimum Gasteiger partial charge on any atom is -0.298 e. The first kappa shape index (κ1) is 10.9. The van der Waals surface area contributed by atoms with Crippen LogP contribution in [0.5, 0.6) is 0 Å². The molecule has 0 radical (unpaired) electrons. The van der Waals surface area contributed by atoms with Crippen LogP contribution in [0, 0.1) is 0 Å². The van der Waals surface area contributed by atoms with Crippen molar-refractivity contribution >= 4 is 17.6 Å². The Hall–Kier alpha value is -2.27. The number of aromatic nitrogens is 3. The zero-order valence-electron chi connectivity index (χ0n) is 9.35. The van der Waals surface area contributed by atoms with Gasteiger partial charge in [0, 0.05) is 17.8 Å². The minimum absolute atomic E-state index is 0.550. The van der Waals surface area contributed by atoms with Crippen LogP contribution in [0.2, 0.25) is 0 Å². The molecule has 5 heteroatoms. The minimum atomic E-state index is 0.550. The Morgan fingerprint density at radius 1 is 1.22 bits per heavy atom. The molecule has 3 aromatic rings. The van der Waals surface area contributed by atoms with Gasteiger partial charge in [0.2, 0.25) is 0 Å². The van der Waals surface area contributed by atoms with Gasteiger partial charge >= 0.3 is 0 Å². The Morgan fingerprint density at radius 2 is 2.06 bits per heavy atom. The Kier molecular flexibility index (Phi) is 2.74. The average molecular weight is 255 g/mol. The second kappa shape index (κ2) is 4.54. The van der Waals surface area contributed by atoms with Crippen molar-refractivity contribution in [2.75, 3.05) is 0 Å². The maximum Gasteiger partial charge on any atom is 0.153 e. The molecule has 0 unspecified atom stereocenters. The van der Waals surface area contributed by atoms with Gasteiger partial charge in [0.1, 0.15) is 10.7 Å². The number of para-hydroxylation sites is 1. The largest absolute Gasteiger partial charge is 0.298 e. The molecule has 0 atom stereocenters. The van der Waals surface area contributed by atoms with E-state index in [1.54, 1.807) is 17.1 Å². The van der Waals surface area contributed by atoms with Crippen LogP contribution in [0.25, 0.3) is 16.4 Å². The summed E-state index contributed by atoms with van der Waals surface area (Å²) < 4.78 is 1.69. The number of rotatable bonds is 3. The van der Waals surface area contributed by atoms with Crippen molar-refractivity contribution in [2.45, 2.75) is 0 Å². The van der Waals surface area contributed by atoms with Crippen LogP contribution >= 0.6 is 11.3 Å². The van der Waals surface area contributed by atoms with Gasteiger partial charge in [-0.1, -0.05) is 18.2 Å². The molecule has 0 saturated heterocycles. The van der Waals surface area contributed by atoms with Crippen LogP contribution in [0.4, 0.5) is 0 Å². The standard InChI is InChI=1S/C13H9N3OS/c17-9-10-8-16(11-4-2-1-3-5-11)15-12(10)13-14-6-7-18-13/h1-9H. The summed E-state index contributed by atoms with van der Waals surface area (Å²) in [6, 6.07) is 9.68. The SMILES string of the molecule is O=Cc1cn(-c2ccccc2)nc1-c1nccs1. The highest BCUT2D eigenvalue weighted by molar-refractivity contribution is 7.13. The molecule has 0 saturated carbocycles. The molecule has 0 fully saturated rings. The third kappa shape index (κ3) is 1.84. The zero-order chi connectivity index (χ0) is 12.4. The molecule has 0 aliphatic rings. The Labute approximate surface area is 108 Å². The van der Waals surface area contributed by atoms with Gasteiger partial charge in [-0.15, -0.1) is 11.3 Å². The quantitative estimate of drug-likeness (QED) is 0.676. The van der Waals surface area contributed by atoms with Crippen molar-refractivity contribution < 1.29 is 4.79 Å². The Morgan fingerprint density at radius 3 is 2.72 bits per heavy atom. The van der Waals surface area contributed by atoms with Crippen LogP contribution < -0.4 is 0 Å². The molecule has 4 nitrogen and oxygen atoms in total. The van der Waals surface area contributed by atoms with Crippen molar-refractivity contribution in [1.29, 1.82) is 0 Å². The third-order valence-corrected chi connectivity index (χ3v) is 3.30. The number of thiazole rings is 1. The van der Waals surface area contributed by atoms with Crippen molar-refractivity contribution in [3.05, 3.63) is 53.7 Å². The Balaban J connectivity index is 2.12. The summed E-state index contributed by atoms with van der Waals surface area (Å²) in [5.41, 5.74) is 2.10. The van der Waals surface area contributed by atoms with E-state index in [4.69, 9.17) is 0 Å². The second-order valence-corrected chi connectivity index (χ2v) is 4.56. The van der Waals surface area contributed by atoms with Crippen LogP contribution in [0.15, 0.2) is 48.1 Å². The third-order valence-electron chi connectivity index (χ3n) is 2.53. The molecule has 0 spiro atoms. The van der Waals surface area contributed by atoms with E-state index in [0.717, 1.165) is 17.0 Å². The molecule has 18 heavy (non-hydrogen) atoms. The van der Waals surface area contributed by atoms with E-state index in [-0.39, 0.29) is 0 Å². The van der Waals surface area contributed by atoms with E-state index in [0.29, 0.717) is 11.3 Å². The lowest BCUT2D eigenvalue weighted by molar-refractivity contribution is 0.112. The first-order valence-electron chi connectivity index (χ1n) is 5.38.